The third-order valence-corrected chi connectivity index (χ3v) is 5.56. The third-order valence-electron chi connectivity index (χ3n) is 5.56. The summed E-state index contributed by atoms with van der Waals surface area (Å²) in [5.74, 6) is 0. The second-order valence-electron chi connectivity index (χ2n) is 7.91. The summed E-state index contributed by atoms with van der Waals surface area (Å²) in [4.78, 5) is 2.67. The number of fused-ring (bicyclic) bond motifs is 1. The summed E-state index contributed by atoms with van der Waals surface area (Å²) in [6.07, 6.45) is 7.45. The SMILES string of the molecule is CCCC(CCC)N1CC(C)=Cc2c(-c3ccc(C)cc3C)cccc21. The molecule has 0 unspecified atom stereocenters. The molecule has 1 nitrogen and oxygen atoms in total. The number of benzene rings is 2. The maximum absolute atomic E-state index is 2.67. The Kier molecular flexibility index (Phi) is 5.86. The van der Waals surface area contributed by atoms with Gasteiger partial charge in [-0.25, -0.2) is 0 Å². The zero-order valence-corrected chi connectivity index (χ0v) is 17.1. The lowest BCUT2D eigenvalue weighted by Gasteiger charge is -2.38. The minimum atomic E-state index is 0.641. The predicted molar refractivity (Wildman–Crippen MR) is 116 cm³/mol. The first-order chi connectivity index (χ1) is 12.5. The van der Waals surface area contributed by atoms with Gasteiger partial charge in [0.15, 0.2) is 0 Å². The molecule has 138 valence electrons. The summed E-state index contributed by atoms with van der Waals surface area (Å²) in [7, 11) is 0. The van der Waals surface area contributed by atoms with E-state index >= 15 is 0 Å². The molecule has 1 aliphatic heterocycles. The topological polar surface area (TPSA) is 3.24 Å². The molecule has 0 spiro atoms. The molecular weight excluding hydrogens is 314 g/mol. The molecule has 0 radical (unpaired) electrons. The molecule has 1 heteroatoms. The van der Waals surface area contributed by atoms with Crippen LogP contribution in [0, 0.1) is 13.8 Å². The van der Waals surface area contributed by atoms with Gasteiger partial charge in [0, 0.05) is 23.8 Å². The second kappa shape index (κ2) is 8.12. The van der Waals surface area contributed by atoms with Crippen LogP contribution >= 0.6 is 0 Å². The van der Waals surface area contributed by atoms with E-state index in [9.17, 15) is 0 Å². The van der Waals surface area contributed by atoms with Crippen LogP contribution < -0.4 is 4.90 Å². The minimum absolute atomic E-state index is 0.641. The van der Waals surface area contributed by atoms with E-state index in [1.54, 1.807) is 0 Å². The molecule has 0 aromatic heterocycles. The first-order valence-corrected chi connectivity index (χ1v) is 10.2. The average Bonchev–Trinajstić information content (AvgIpc) is 2.61. The van der Waals surface area contributed by atoms with Crippen LogP contribution in [0.25, 0.3) is 17.2 Å². The first-order valence-electron chi connectivity index (χ1n) is 10.2. The van der Waals surface area contributed by atoms with Crippen molar-refractivity contribution in [3.8, 4) is 11.1 Å². The average molecular weight is 348 g/mol. The molecule has 26 heavy (non-hydrogen) atoms. The van der Waals surface area contributed by atoms with Crippen molar-refractivity contribution in [2.24, 2.45) is 0 Å². The minimum Gasteiger partial charge on any atom is -0.364 e. The molecule has 0 aliphatic carbocycles. The van der Waals surface area contributed by atoms with Crippen molar-refractivity contribution in [3.63, 3.8) is 0 Å². The fraction of sp³-hybridized carbons (Fsp3) is 0.440. The van der Waals surface area contributed by atoms with Crippen LogP contribution in [0.15, 0.2) is 42.0 Å². The van der Waals surface area contributed by atoms with E-state index in [4.69, 9.17) is 0 Å². The van der Waals surface area contributed by atoms with Crippen LogP contribution in [-0.4, -0.2) is 12.6 Å². The fourth-order valence-corrected chi connectivity index (χ4v) is 4.40. The lowest BCUT2D eigenvalue weighted by molar-refractivity contribution is 0.512. The summed E-state index contributed by atoms with van der Waals surface area (Å²) in [5.41, 5.74) is 9.71. The van der Waals surface area contributed by atoms with E-state index in [0.29, 0.717) is 6.04 Å². The van der Waals surface area contributed by atoms with Gasteiger partial charge in [-0.15, -0.1) is 0 Å². The van der Waals surface area contributed by atoms with Gasteiger partial charge in [0.25, 0.3) is 0 Å². The summed E-state index contributed by atoms with van der Waals surface area (Å²) in [5, 5.41) is 0. The molecule has 0 amide bonds. The lowest BCUT2D eigenvalue weighted by atomic mass is 9.89. The van der Waals surface area contributed by atoms with Gasteiger partial charge in [-0.05, 0) is 56.4 Å². The van der Waals surface area contributed by atoms with Crippen molar-refractivity contribution in [1.29, 1.82) is 0 Å². The molecule has 0 N–H and O–H groups in total. The van der Waals surface area contributed by atoms with Crippen molar-refractivity contribution < 1.29 is 0 Å². The van der Waals surface area contributed by atoms with E-state index in [0.717, 1.165) is 6.54 Å². The zero-order chi connectivity index (χ0) is 18.7. The molecule has 1 heterocycles. The molecular formula is C25H33N. The summed E-state index contributed by atoms with van der Waals surface area (Å²) >= 11 is 0. The van der Waals surface area contributed by atoms with Crippen molar-refractivity contribution in [1.82, 2.24) is 0 Å². The molecule has 0 saturated carbocycles. The zero-order valence-electron chi connectivity index (χ0n) is 17.1. The van der Waals surface area contributed by atoms with Gasteiger partial charge in [-0.2, -0.15) is 0 Å². The van der Waals surface area contributed by atoms with Crippen LogP contribution in [0.1, 0.15) is 63.1 Å². The Morgan fingerprint density at radius 2 is 1.65 bits per heavy atom. The van der Waals surface area contributed by atoms with E-state index in [1.165, 1.54) is 64.8 Å². The van der Waals surface area contributed by atoms with Gasteiger partial charge in [0.1, 0.15) is 0 Å². The van der Waals surface area contributed by atoms with Crippen LogP contribution in [-0.2, 0) is 0 Å². The number of hydrogen-bond acceptors (Lipinski definition) is 1. The molecule has 0 saturated heterocycles. The number of hydrogen-bond donors (Lipinski definition) is 0. The molecule has 3 rings (SSSR count). The van der Waals surface area contributed by atoms with Gasteiger partial charge in [-0.3, -0.25) is 0 Å². The second-order valence-corrected chi connectivity index (χ2v) is 7.91. The van der Waals surface area contributed by atoms with Crippen LogP contribution in [0.5, 0.6) is 0 Å². The number of nitrogens with zero attached hydrogens (tertiary/aromatic N) is 1. The highest BCUT2D eigenvalue weighted by molar-refractivity contribution is 5.87. The number of anilines is 1. The van der Waals surface area contributed by atoms with Gasteiger partial charge in [-0.1, -0.05) is 74.2 Å². The molecule has 2 aromatic carbocycles. The fourth-order valence-electron chi connectivity index (χ4n) is 4.40. The van der Waals surface area contributed by atoms with E-state index < -0.39 is 0 Å². The van der Waals surface area contributed by atoms with Crippen molar-refractivity contribution >= 4 is 11.8 Å². The normalized spacial score (nSPS) is 13.8. The Bertz CT molecular complexity index is 794. The molecule has 0 fully saturated rings. The van der Waals surface area contributed by atoms with Crippen molar-refractivity contribution in [2.45, 2.75) is 66.3 Å². The highest BCUT2D eigenvalue weighted by atomic mass is 15.2. The van der Waals surface area contributed by atoms with Crippen molar-refractivity contribution in [3.05, 3.63) is 58.7 Å². The number of rotatable bonds is 6. The number of aryl methyl sites for hydroxylation is 2. The van der Waals surface area contributed by atoms with Crippen LogP contribution in [0.3, 0.4) is 0 Å². The van der Waals surface area contributed by atoms with Gasteiger partial charge in [0.05, 0.1) is 0 Å². The van der Waals surface area contributed by atoms with Crippen molar-refractivity contribution in [2.75, 3.05) is 11.4 Å². The van der Waals surface area contributed by atoms with E-state index in [2.05, 4.69) is 82.0 Å². The smallest absolute Gasteiger partial charge is 0.0451 e. The third kappa shape index (κ3) is 3.72. The van der Waals surface area contributed by atoms with Crippen LogP contribution in [0.2, 0.25) is 0 Å². The van der Waals surface area contributed by atoms with Gasteiger partial charge < -0.3 is 4.90 Å². The Hall–Kier alpha value is -2.02. The van der Waals surface area contributed by atoms with Crippen LogP contribution in [0.4, 0.5) is 5.69 Å². The highest BCUT2D eigenvalue weighted by Crippen LogP contribution is 2.39. The molecule has 0 atom stereocenters. The lowest BCUT2D eigenvalue weighted by Crippen LogP contribution is -2.38. The van der Waals surface area contributed by atoms with Gasteiger partial charge in [0.2, 0.25) is 0 Å². The highest BCUT2D eigenvalue weighted by Gasteiger charge is 2.24. The molecule has 2 aromatic rings. The first kappa shape index (κ1) is 18.8. The standard InChI is InChI=1S/C25H33N/c1-6-9-21(10-7-2)26-17-19(4)16-24-23(11-8-12-25(24)26)22-14-13-18(3)15-20(22)5/h8,11-16,21H,6-7,9-10,17H2,1-5H3. The summed E-state index contributed by atoms with van der Waals surface area (Å²) in [6.45, 7) is 12.4. The maximum atomic E-state index is 2.67. The quantitative estimate of drug-likeness (QED) is 0.535. The maximum Gasteiger partial charge on any atom is 0.0451 e. The van der Waals surface area contributed by atoms with E-state index in [1.807, 2.05) is 0 Å². The van der Waals surface area contributed by atoms with E-state index in [-0.39, 0.29) is 0 Å². The Balaban J connectivity index is 2.11. The summed E-state index contributed by atoms with van der Waals surface area (Å²) < 4.78 is 0. The molecule has 0 bridgehead atoms. The molecule has 1 aliphatic rings. The Morgan fingerprint density at radius 1 is 0.923 bits per heavy atom. The Labute approximate surface area is 159 Å². The van der Waals surface area contributed by atoms with Gasteiger partial charge >= 0.3 is 0 Å². The monoisotopic (exact) mass is 347 g/mol. The largest absolute Gasteiger partial charge is 0.364 e. The Morgan fingerprint density at radius 3 is 2.31 bits per heavy atom. The summed E-state index contributed by atoms with van der Waals surface area (Å²) in [6, 6.07) is 14.3. The predicted octanol–water partition coefficient (Wildman–Crippen LogP) is 7.16.